The highest BCUT2D eigenvalue weighted by atomic mass is 32.1. The molecule has 0 aliphatic carbocycles. The van der Waals surface area contributed by atoms with Crippen LogP contribution in [0.1, 0.15) is 29.0 Å². The van der Waals surface area contributed by atoms with Crippen LogP contribution in [-0.4, -0.2) is 68.4 Å². The van der Waals surface area contributed by atoms with Gasteiger partial charge in [0.1, 0.15) is 5.69 Å². The number of aliphatic carboxylic acids is 1. The zero-order valence-corrected chi connectivity index (χ0v) is 16.2. The second-order valence-electron chi connectivity index (χ2n) is 6.61. The number of halogens is 3. The minimum absolute atomic E-state index is 0.0607. The molecule has 2 saturated heterocycles. The Kier molecular flexibility index (Phi) is 6.01. The summed E-state index contributed by atoms with van der Waals surface area (Å²) in [5.41, 5.74) is 3.20. The molecule has 2 aliphatic rings. The third-order valence-electron chi connectivity index (χ3n) is 4.81. The van der Waals surface area contributed by atoms with Gasteiger partial charge in [0.2, 0.25) is 0 Å². The molecule has 2 atom stereocenters. The summed E-state index contributed by atoms with van der Waals surface area (Å²) < 4.78 is 31.7. The lowest BCUT2D eigenvalue weighted by Crippen LogP contribution is -2.40. The number of hydrogen-bond acceptors (Lipinski definition) is 7. The van der Waals surface area contributed by atoms with Gasteiger partial charge in [-0.1, -0.05) is 0 Å². The smallest absolute Gasteiger partial charge is 0.475 e. The Morgan fingerprint density at radius 3 is 2.41 bits per heavy atom. The Hall–Kier alpha value is -2.76. The minimum Gasteiger partial charge on any atom is -0.475 e. The van der Waals surface area contributed by atoms with E-state index in [0.717, 1.165) is 37.4 Å². The Morgan fingerprint density at radius 2 is 1.86 bits per heavy atom. The average molecular weight is 429 g/mol. The number of carboxylic acids is 1. The molecule has 0 saturated carbocycles. The number of carbonyl (C=O) groups is 2. The molecule has 4 heterocycles. The second-order valence-corrected chi connectivity index (χ2v) is 7.33. The van der Waals surface area contributed by atoms with E-state index in [-0.39, 0.29) is 11.9 Å². The number of aromatic nitrogens is 3. The van der Waals surface area contributed by atoms with E-state index >= 15 is 0 Å². The van der Waals surface area contributed by atoms with Gasteiger partial charge < -0.3 is 14.9 Å². The fourth-order valence-electron chi connectivity index (χ4n) is 3.53. The number of rotatable bonds is 2. The lowest BCUT2D eigenvalue weighted by molar-refractivity contribution is -0.192. The molecule has 1 amide bonds. The maximum absolute atomic E-state index is 12.6. The van der Waals surface area contributed by atoms with Gasteiger partial charge >= 0.3 is 12.1 Å². The van der Waals surface area contributed by atoms with Crippen LogP contribution in [0, 0.1) is 6.92 Å². The van der Waals surface area contributed by atoms with Crippen molar-refractivity contribution < 1.29 is 27.9 Å². The number of amides is 1. The SMILES string of the molecule is Cc1ccc(N2CC[C@@H]3[C@@H]2CCN3C(=O)c2cscn2)nn1.O=C(O)C(F)(F)F. The Morgan fingerprint density at radius 1 is 1.17 bits per heavy atom. The molecule has 2 aliphatic heterocycles. The van der Waals surface area contributed by atoms with Gasteiger partial charge in [-0.25, -0.2) is 9.78 Å². The van der Waals surface area contributed by atoms with Gasteiger partial charge in [0.25, 0.3) is 5.91 Å². The molecule has 12 heteroatoms. The molecule has 2 fully saturated rings. The Balaban J connectivity index is 0.000000298. The molecular formula is C17H18F3N5O3S. The number of nitrogens with zero attached hydrogens (tertiary/aromatic N) is 5. The Labute approximate surface area is 168 Å². The molecule has 0 radical (unpaired) electrons. The number of fused-ring (bicyclic) bond motifs is 1. The molecule has 29 heavy (non-hydrogen) atoms. The average Bonchev–Trinajstić information content (AvgIpc) is 3.39. The lowest BCUT2D eigenvalue weighted by atomic mass is 10.1. The topological polar surface area (TPSA) is 99.5 Å². The van der Waals surface area contributed by atoms with Crippen LogP contribution in [0.4, 0.5) is 19.0 Å². The van der Waals surface area contributed by atoms with Gasteiger partial charge in [-0.05, 0) is 31.9 Å². The van der Waals surface area contributed by atoms with Crippen LogP contribution in [0.3, 0.4) is 0 Å². The predicted molar refractivity (Wildman–Crippen MR) is 97.8 cm³/mol. The standard InChI is InChI=1S/C15H17N5OS.C2HF3O2/c1-10-2-3-14(18-17-10)19-6-4-13-12(19)5-7-20(13)15(21)11-8-22-9-16-11;3-2(4,5)1(6)7/h2-3,8-9,12-13H,4-7H2,1H3;(H,6,7)/t12-,13+;/m0./s1. The largest absolute Gasteiger partial charge is 0.490 e. The first-order chi connectivity index (χ1) is 13.7. The summed E-state index contributed by atoms with van der Waals surface area (Å²) >= 11 is 1.46. The summed E-state index contributed by atoms with van der Waals surface area (Å²) in [7, 11) is 0. The van der Waals surface area contributed by atoms with Crippen molar-refractivity contribution in [1.82, 2.24) is 20.1 Å². The van der Waals surface area contributed by atoms with Crippen molar-refractivity contribution in [2.45, 2.75) is 38.0 Å². The number of thiazole rings is 1. The van der Waals surface area contributed by atoms with Gasteiger partial charge in [-0.3, -0.25) is 4.79 Å². The van der Waals surface area contributed by atoms with Gasteiger partial charge in [0.05, 0.1) is 23.3 Å². The highest BCUT2D eigenvalue weighted by Gasteiger charge is 2.45. The number of anilines is 1. The van der Waals surface area contributed by atoms with Crippen LogP contribution in [0.25, 0.3) is 0 Å². The first-order valence-electron chi connectivity index (χ1n) is 8.74. The zero-order valence-electron chi connectivity index (χ0n) is 15.3. The first kappa shape index (κ1) is 21.0. The van der Waals surface area contributed by atoms with E-state index in [9.17, 15) is 18.0 Å². The maximum atomic E-state index is 12.6. The Bertz CT molecular complexity index is 860. The molecule has 2 aromatic rings. The molecular weight excluding hydrogens is 411 g/mol. The van der Waals surface area contributed by atoms with Crippen molar-refractivity contribution in [1.29, 1.82) is 0 Å². The van der Waals surface area contributed by atoms with E-state index in [1.165, 1.54) is 11.3 Å². The summed E-state index contributed by atoms with van der Waals surface area (Å²) in [4.78, 5) is 29.9. The first-order valence-corrected chi connectivity index (χ1v) is 9.69. The molecule has 8 nitrogen and oxygen atoms in total. The minimum atomic E-state index is -5.08. The van der Waals surface area contributed by atoms with Crippen LogP contribution in [0.5, 0.6) is 0 Å². The number of carbonyl (C=O) groups excluding carboxylic acids is 1. The van der Waals surface area contributed by atoms with E-state index in [4.69, 9.17) is 9.90 Å². The van der Waals surface area contributed by atoms with Crippen LogP contribution >= 0.6 is 11.3 Å². The second kappa shape index (κ2) is 8.31. The number of aryl methyl sites for hydroxylation is 1. The molecule has 2 aromatic heterocycles. The predicted octanol–water partition coefficient (Wildman–Crippen LogP) is 2.37. The van der Waals surface area contributed by atoms with Crippen molar-refractivity contribution >= 4 is 29.0 Å². The molecule has 0 bridgehead atoms. The normalized spacial score (nSPS) is 20.8. The number of hydrogen-bond donors (Lipinski definition) is 1. The number of alkyl halides is 3. The van der Waals surface area contributed by atoms with E-state index in [0.29, 0.717) is 11.7 Å². The van der Waals surface area contributed by atoms with Gasteiger partial charge in [-0.2, -0.15) is 18.3 Å². The summed E-state index contributed by atoms with van der Waals surface area (Å²) in [6.07, 6.45) is -3.12. The monoisotopic (exact) mass is 429 g/mol. The van der Waals surface area contributed by atoms with Gasteiger partial charge in [-0.15, -0.1) is 16.4 Å². The van der Waals surface area contributed by atoms with Crippen molar-refractivity contribution in [3.8, 4) is 0 Å². The lowest BCUT2D eigenvalue weighted by Gasteiger charge is -2.25. The zero-order chi connectivity index (χ0) is 21.2. The number of carboxylic acid groups (broad SMARTS) is 1. The van der Waals surface area contributed by atoms with Crippen LogP contribution in [0.15, 0.2) is 23.0 Å². The summed E-state index contributed by atoms with van der Waals surface area (Å²) in [6, 6.07) is 4.62. The van der Waals surface area contributed by atoms with E-state index < -0.39 is 12.1 Å². The van der Waals surface area contributed by atoms with E-state index in [1.807, 2.05) is 29.3 Å². The highest BCUT2D eigenvalue weighted by molar-refractivity contribution is 7.07. The van der Waals surface area contributed by atoms with Gasteiger partial charge in [0, 0.05) is 18.5 Å². The fourth-order valence-corrected chi connectivity index (χ4v) is 4.06. The molecule has 0 unspecified atom stereocenters. The van der Waals surface area contributed by atoms with E-state index in [2.05, 4.69) is 20.1 Å². The van der Waals surface area contributed by atoms with Crippen molar-refractivity contribution in [2.75, 3.05) is 18.0 Å². The third kappa shape index (κ3) is 4.63. The van der Waals surface area contributed by atoms with Crippen LogP contribution in [0.2, 0.25) is 0 Å². The summed E-state index contributed by atoms with van der Waals surface area (Å²) in [5.74, 6) is -1.78. The van der Waals surface area contributed by atoms with Crippen molar-refractivity contribution in [3.05, 3.63) is 34.4 Å². The van der Waals surface area contributed by atoms with Gasteiger partial charge in [0.15, 0.2) is 5.82 Å². The number of likely N-dealkylation sites (tertiary alicyclic amines) is 1. The summed E-state index contributed by atoms with van der Waals surface area (Å²) in [5, 5.41) is 17.4. The highest BCUT2D eigenvalue weighted by Crippen LogP contribution is 2.34. The van der Waals surface area contributed by atoms with E-state index in [1.54, 1.807) is 5.51 Å². The molecule has 1 N–H and O–H groups in total. The fraction of sp³-hybridized carbons (Fsp3) is 0.471. The maximum Gasteiger partial charge on any atom is 0.490 e. The quantitative estimate of drug-likeness (QED) is 0.782. The molecule has 0 aromatic carbocycles. The molecule has 156 valence electrons. The van der Waals surface area contributed by atoms with Crippen molar-refractivity contribution in [3.63, 3.8) is 0 Å². The third-order valence-corrected chi connectivity index (χ3v) is 5.40. The molecule has 4 rings (SSSR count). The summed E-state index contributed by atoms with van der Waals surface area (Å²) in [6.45, 7) is 3.66. The van der Waals surface area contributed by atoms with Crippen LogP contribution < -0.4 is 4.90 Å². The van der Waals surface area contributed by atoms with Crippen LogP contribution in [-0.2, 0) is 4.79 Å². The van der Waals surface area contributed by atoms with Crippen molar-refractivity contribution in [2.24, 2.45) is 0 Å². The molecule has 0 spiro atoms.